The summed E-state index contributed by atoms with van der Waals surface area (Å²) in [4.78, 5) is 4.24. The van der Waals surface area contributed by atoms with Gasteiger partial charge in [-0.3, -0.25) is 0 Å². The second-order valence-electron chi connectivity index (χ2n) is 4.42. The summed E-state index contributed by atoms with van der Waals surface area (Å²) in [5.41, 5.74) is 0.812. The number of methoxy groups -OCH3 is 1. The molecule has 0 atom stereocenters. The summed E-state index contributed by atoms with van der Waals surface area (Å²) in [6, 6.07) is 7.69. The van der Waals surface area contributed by atoms with Crippen LogP contribution in [0.4, 0.5) is 0 Å². The predicted molar refractivity (Wildman–Crippen MR) is 71.5 cm³/mol. The lowest BCUT2D eigenvalue weighted by atomic mass is 10.3. The molecule has 5 nitrogen and oxygen atoms in total. The van der Waals surface area contributed by atoms with Gasteiger partial charge in [0, 0.05) is 18.7 Å². The highest BCUT2D eigenvalue weighted by Crippen LogP contribution is 2.24. The molecule has 102 valence electrons. The van der Waals surface area contributed by atoms with E-state index in [1.165, 1.54) is 0 Å². The summed E-state index contributed by atoms with van der Waals surface area (Å²) in [5, 5.41) is 3.26. The van der Waals surface area contributed by atoms with E-state index in [0.29, 0.717) is 18.3 Å². The van der Waals surface area contributed by atoms with Gasteiger partial charge in [0.15, 0.2) is 0 Å². The molecule has 0 radical (unpaired) electrons. The van der Waals surface area contributed by atoms with Crippen LogP contribution in [-0.4, -0.2) is 18.1 Å². The van der Waals surface area contributed by atoms with E-state index in [-0.39, 0.29) is 6.08 Å². The summed E-state index contributed by atoms with van der Waals surface area (Å²) in [6.45, 7) is 4.81. The van der Waals surface area contributed by atoms with Crippen molar-refractivity contribution < 1.29 is 13.9 Å². The van der Waals surface area contributed by atoms with Gasteiger partial charge in [0.25, 0.3) is 0 Å². The highest BCUT2D eigenvalue weighted by molar-refractivity contribution is 5.34. The van der Waals surface area contributed by atoms with Gasteiger partial charge >= 0.3 is 6.08 Å². The van der Waals surface area contributed by atoms with Crippen LogP contribution in [0.3, 0.4) is 0 Å². The van der Waals surface area contributed by atoms with Crippen LogP contribution >= 0.6 is 0 Å². The lowest BCUT2D eigenvalue weighted by Crippen LogP contribution is -2.21. The Bertz CT molecular complexity index is 523. The third-order valence-corrected chi connectivity index (χ3v) is 2.47. The average Bonchev–Trinajstić information content (AvgIpc) is 2.84. The van der Waals surface area contributed by atoms with Crippen molar-refractivity contribution in [1.29, 1.82) is 0 Å². The second-order valence-corrected chi connectivity index (χ2v) is 4.42. The second kappa shape index (κ2) is 6.24. The number of benzene rings is 1. The van der Waals surface area contributed by atoms with E-state index in [4.69, 9.17) is 13.9 Å². The van der Waals surface area contributed by atoms with Crippen molar-refractivity contribution in [3.63, 3.8) is 0 Å². The maximum Gasteiger partial charge on any atom is 0.399 e. The van der Waals surface area contributed by atoms with E-state index in [0.717, 1.165) is 11.4 Å². The average molecular weight is 262 g/mol. The van der Waals surface area contributed by atoms with Gasteiger partial charge in [-0.1, -0.05) is 19.9 Å². The highest BCUT2D eigenvalue weighted by Gasteiger charge is 2.07. The molecule has 0 unspecified atom stereocenters. The first-order valence-electron chi connectivity index (χ1n) is 6.17. The Morgan fingerprint density at radius 2 is 2.11 bits per heavy atom. The zero-order valence-corrected chi connectivity index (χ0v) is 11.3. The molecule has 0 bridgehead atoms. The van der Waals surface area contributed by atoms with Gasteiger partial charge in [-0.15, -0.1) is 0 Å². The molecule has 2 rings (SSSR count). The molecular formula is C14H18N2O3. The third-order valence-electron chi connectivity index (χ3n) is 2.47. The Labute approximate surface area is 112 Å². The van der Waals surface area contributed by atoms with Crippen molar-refractivity contribution in [2.45, 2.75) is 26.4 Å². The number of nitrogens with one attached hydrogen (secondary N) is 1. The fraction of sp³-hybridized carbons (Fsp3) is 0.357. The zero-order chi connectivity index (χ0) is 13.7. The fourth-order valence-corrected chi connectivity index (χ4v) is 1.49. The third kappa shape index (κ3) is 3.99. The van der Waals surface area contributed by atoms with E-state index in [1.54, 1.807) is 19.4 Å². The maximum absolute atomic E-state index is 5.52. The van der Waals surface area contributed by atoms with Crippen LogP contribution in [0.15, 0.2) is 34.9 Å². The molecule has 0 aliphatic carbocycles. The van der Waals surface area contributed by atoms with Gasteiger partial charge in [-0.25, -0.2) is 0 Å². The minimum absolute atomic E-state index is 0.230. The Morgan fingerprint density at radius 1 is 1.32 bits per heavy atom. The van der Waals surface area contributed by atoms with E-state index in [2.05, 4.69) is 24.1 Å². The molecule has 0 aliphatic rings. The number of aromatic nitrogens is 1. The maximum atomic E-state index is 5.52. The first-order valence-corrected chi connectivity index (χ1v) is 6.17. The van der Waals surface area contributed by atoms with Crippen LogP contribution in [-0.2, 0) is 6.54 Å². The summed E-state index contributed by atoms with van der Waals surface area (Å²) in [6.07, 6.45) is 1.82. The molecule has 0 saturated heterocycles. The summed E-state index contributed by atoms with van der Waals surface area (Å²) < 4.78 is 15.9. The summed E-state index contributed by atoms with van der Waals surface area (Å²) in [7, 11) is 1.61. The Morgan fingerprint density at radius 3 is 2.84 bits per heavy atom. The van der Waals surface area contributed by atoms with E-state index < -0.39 is 0 Å². The fourth-order valence-electron chi connectivity index (χ4n) is 1.49. The molecule has 1 aromatic heterocycles. The Kier molecular flexibility index (Phi) is 4.41. The van der Waals surface area contributed by atoms with E-state index in [1.807, 2.05) is 18.2 Å². The first kappa shape index (κ1) is 13.4. The number of hydrogen-bond acceptors (Lipinski definition) is 5. The van der Waals surface area contributed by atoms with Gasteiger partial charge in [-0.2, -0.15) is 4.98 Å². The molecule has 0 fully saturated rings. The molecule has 19 heavy (non-hydrogen) atoms. The van der Waals surface area contributed by atoms with Crippen molar-refractivity contribution in [1.82, 2.24) is 10.3 Å². The normalized spacial score (nSPS) is 10.7. The van der Waals surface area contributed by atoms with Crippen molar-refractivity contribution >= 4 is 0 Å². The minimum Gasteiger partial charge on any atom is -0.497 e. The largest absolute Gasteiger partial charge is 0.497 e. The summed E-state index contributed by atoms with van der Waals surface area (Å²) >= 11 is 0. The highest BCUT2D eigenvalue weighted by atomic mass is 16.6. The van der Waals surface area contributed by atoms with Gasteiger partial charge in [0.1, 0.15) is 17.8 Å². The SMILES string of the molecule is COc1cccc(Oc2nc(CNC(C)C)co2)c1. The van der Waals surface area contributed by atoms with Gasteiger partial charge < -0.3 is 19.2 Å². The molecule has 1 heterocycles. The molecule has 0 spiro atoms. The van der Waals surface area contributed by atoms with E-state index >= 15 is 0 Å². The first-order chi connectivity index (χ1) is 9.17. The van der Waals surface area contributed by atoms with Crippen LogP contribution < -0.4 is 14.8 Å². The molecule has 1 N–H and O–H groups in total. The monoisotopic (exact) mass is 262 g/mol. The van der Waals surface area contributed by atoms with Crippen LogP contribution in [0.1, 0.15) is 19.5 Å². The topological polar surface area (TPSA) is 56.5 Å². The number of oxazole rings is 1. The van der Waals surface area contributed by atoms with Crippen LogP contribution in [0.5, 0.6) is 17.6 Å². The lowest BCUT2D eigenvalue weighted by Gasteiger charge is -2.04. The van der Waals surface area contributed by atoms with Gasteiger partial charge in [-0.05, 0) is 12.1 Å². The smallest absolute Gasteiger partial charge is 0.399 e. The van der Waals surface area contributed by atoms with Gasteiger partial charge in [0.05, 0.1) is 12.8 Å². The van der Waals surface area contributed by atoms with Crippen LogP contribution in [0.25, 0.3) is 0 Å². The molecule has 5 heteroatoms. The molecule has 0 saturated carbocycles. The zero-order valence-electron chi connectivity index (χ0n) is 11.3. The molecule has 2 aromatic rings. The van der Waals surface area contributed by atoms with Crippen LogP contribution in [0.2, 0.25) is 0 Å². The van der Waals surface area contributed by atoms with Gasteiger partial charge in [0.2, 0.25) is 0 Å². The summed E-state index contributed by atoms with van der Waals surface area (Å²) in [5.74, 6) is 1.36. The Hall–Kier alpha value is -2.01. The number of ether oxygens (including phenoxy) is 2. The van der Waals surface area contributed by atoms with Crippen molar-refractivity contribution in [2.75, 3.05) is 7.11 Å². The van der Waals surface area contributed by atoms with E-state index in [9.17, 15) is 0 Å². The van der Waals surface area contributed by atoms with Crippen LogP contribution in [0, 0.1) is 0 Å². The molecular weight excluding hydrogens is 244 g/mol. The Balaban J connectivity index is 1.99. The van der Waals surface area contributed by atoms with Crippen molar-refractivity contribution in [2.24, 2.45) is 0 Å². The number of rotatable bonds is 6. The lowest BCUT2D eigenvalue weighted by molar-refractivity contribution is 0.328. The molecule has 0 amide bonds. The number of nitrogens with zero attached hydrogens (tertiary/aromatic N) is 1. The van der Waals surface area contributed by atoms with Crippen molar-refractivity contribution in [3.8, 4) is 17.6 Å². The number of hydrogen-bond donors (Lipinski definition) is 1. The van der Waals surface area contributed by atoms with Crippen molar-refractivity contribution in [3.05, 3.63) is 36.2 Å². The molecule has 0 aliphatic heterocycles. The quantitative estimate of drug-likeness (QED) is 0.867. The molecule has 1 aromatic carbocycles. The standard InChI is InChI=1S/C14H18N2O3/c1-10(2)15-8-11-9-18-14(16-11)19-13-6-4-5-12(7-13)17-3/h4-7,9-10,15H,8H2,1-3H3. The minimum atomic E-state index is 0.230. The predicted octanol–water partition coefficient (Wildman–Crippen LogP) is 2.97.